The molecule has 1 aromatic rings. The lowest BCUT2D eigenvalue weighted by molar-refractivity contribution is -0.137. The minimum Gasteiger partial charge on any atom is -0.354 e. The topological polar surface area (TPSA) is 81.8 Å². The van der Waals surface area contributed by atoms with Gasteiger partial charge < -0.3 is 15.5 Å². The van der Waals surface area contributed by atoms with Crippen LogP contribution in [0.1, 0.15) is 45.7 Å². The first-order chi connectivity index (χ1) is 15.2. The molecule has 7 heteroatoms. The third-order valence-corrected chi connectivity index (χ3v) is 5.75. The van der Waals surface area contributed by atoms with E-state index in [0.29, 0.717) is 36.7 Å². The third kappa shape index (κ3) is 4.87. The lowest BCUT2D eigenvalue weighted by atomic mass is 9.95. The van der Waals surface area contributed by atoms with Crippen molar-refractivity contribution in [1.29, 1.82) is 0 Å². The largest absolute Gasteiger partial charge is 0.354 e. The molecule has 7 nitrogen and oxygen atoms in total. The van der Waals surface area contributed by atoms with Gasteiger partial charge in [0.15, 0.2) is 0 Å². The highest BCUT2D eigenvalue weighted by Crippen LogP contribution is 2.37. The fourth-order valence-corrected chi connectivity index (χ4v) is 4.23. The van der Waals surface area contributed by atoms with Crippen molar-refractivity contribution in [2.75, 3.05) is 19.6 Å². The summed E-state index contributed by atoms with van der Waals surface area (Å²) in [5, 5.41) is 5.96. The summed E-state index contributed by atoms with van der Waals surface area (Å²) >= 11 is 0. The second-order valence-electron chi connectivity index (χ2n) is 9.27. The lowest BCUT2D eigenvalue weighted by Crippen LogP contribution is -2.50. The number of urea groups is 1. The van der Waals surface area contributed by atoms with Crippen LogP contribution in [0.5, 0.6) is 0 Å². The second-order valence-corrected chi connectivity index (χ2v) is 9.27. The summed E-state index contributed by atoms with van der Waals surface area (Å²) in [5.41, 5.74) is 2.02. The van der Waals surface area contributed by atoms with E-state index in [-0.39, 0.29) is 30.3 Å². The molecule has 0 radical (unpaired) electrons. The van der Waals surface area contributed by atoms with Crippen molar-refractivity contribution in [3.63, 3.8) is 0 Å². The predicted molar refractivity (Wildman–Crippen MR) is 124 cm³/mol. The smallest absolute Gasteiger partial charge is 0.322 e. The van der Waals surface area contributed by atoms with Crippen molar-refractivity contribution >= 4 is 17.8 Å². The number of hydrogen-bond donors (Lipinski definition) is 2. The molecular weight excluding hydrogens is 404 g/mol. The minimum absolute atomic E-state index is 0.147. The second kappa shape index (κ2) is 10.0. The van der Waals surface area contributed by atoms with Gasteiger partial charge in [-0.05, 0) is 23.8 Å². The van der Waals surface area contributed by atoms with Gasteiger partial charge in [-0.1, -0.05) is 64.1 Å². The average molecular weight is 439 g/mol. The summed E-state index contributed by atoms with van der Waals surface area (Å²) in [7, 11) is 0. The molecule has 4 amide bonds. The fraction of sp³-hybridized carbons (Fsp3) is 0.480. The SMILES string of the molecule is C=CCN1C(=O)NC(c2ccccc2)C2=C1CN(C(CC(C)C)C(=O)NCC(C)C)C2=O. The molecule has 2 N–H and O–H groups in total. The van der Waals surface area contributed by atoms with Crippen molar-refractivity contribution in [3.8, 4) is 0 Å². The highest BCUT2D eigenvalue weighted by Gasteiger charge is 2.46. The predicted octanol–water partition coefficient (Wildman–Crippen LogP) is 3.22. The van der Waals surface area contributed by atoms with Gasteiger partial charge >= 0.3 is 6.03 Å². The zero-order chi connectivity index (χ0) is 23.4. The van der Waals surface area contributed by atoms with Gasteiger partial charge in [0.2, 0.25) is 5.91 Å². The Morgan fingerprint density at radius 1 is 1.19 bits per heavy atom. The van der Waals surface area contributed by atoms with Crippen LogP contribution in [0.3, 0.4) is 0 Å². The van der Waals surface area contributed by atoms with E-state index in [4.69, 9.17) is 0 Å². The van der Waals surface area contributed by atoms with E-state index in [1.807, 2.05) is 58.0 Å². The van der Waals surface area contributed by atoms with Crippen molar-refractivity contribution in [1.82, 2.24) is 20.4 Å². The van der Waals surface area contributed by atoms with Gasteiger partial charge in [0.25, 0.3) is 5.91 Å². The Morgan fingerprint density at radius 3 is 2.47 bits per heavy atom. The summed E-state index contributed by atoms with van der Waals surface area (Å²) in [6.45, 7) is 13.0. The zero-order valence-electron chi connectivity index (χ0n) is 19.4. The van der Waals surface area contributed by atoms with E-state index in [9.17, 15) is 14.4 Å². The van der Waals surface area contributed by atoms with Crippen molar-refractivity contribution < 1.29 is 14.4 Å². The van der Waals surface area contributed by atoms with Crippen LogP contribution in [0.15, 0.2) is 54.3 Å². The number of carbonyl (C=O) groups excluding carboxylic acids is 3. The van der Waals surface area contributed by atoms with Crippen molar-refractivity contribution in [3.05, 3.63) is 59.8 Å². The lowest BCUT2D eigenvalue weighted by Gasteiger charge is -2.33. The summed E-state index contributed by atoms with van der Waals surface area (Å²) in [4.78, 5) is 42.9. The summed E-state index contributed by atoms with van der Waals surface area (Å²) < 4.78 is 0. The summed E-state index contributed by atoms with van der Waals surface area (Å²) in [6.07, 6.45) is 2.19. The van der Waals surface area contributed by atoms with Crippen LogP contribution in [0.4, 0.5) is 4.79 Å². The first-order valence-corrected chi connectivity index (χ1v) is 11.3. The molecule has 0 bridgehead atoms. The van der Waals surface area contributed by atoms with Gasteiger partial charge in [0, 0.05) is 13.1 Å². The zero-order valence-corrected chi connectivity index (χ0v) is 19.4. The molecule has 2 heterocycles. The van der Waals surface area contributed by atoms with E-state index in [1.54, 1.807) is 15.9 Å². The molecular formula is C25H34N4O3. The monoisotopic (exact) mass is 438 g/mol. The van der Waals surface area contributed by atoms with Crippen LogP contribution in [-0.2, 0) is 9.59 Å². The van der Waals surface area contributed by atoms with Gasteiger partial charge in [0.05, 0.1) is 23.9 Å². The number of nitrogens with one attached hydrogen (secondary N) is 2. The van der Waals surface area contributed by atoms with E-state index in [0.717, 1.165) is 5.56 Å². The van der Waals surface area contributed by atoms with Crippen LogP contribution in [0.2, 0.25) is 0 Å². The number of benzene rings is 1. The van der Waals surface area contributed by atoms with E-state index in [1.165, 1.54) is 0 Å². The number of hydrogen-bond acceptors (Lipinski definition) is 3. The molecule has 0 spiro atoms. The van der Waals surface area contributed by atoms with Crippen LogP contribution in [-0.4, -0.2) is 53.3 Å². The number of carbonyl (C=O) groups is 3. The molecule has 0 aromatic heterocycles. The van der Waals surface area contributed by atoms with E-state index in [2.05, 4.69) is 17.2 Å². The van der Waals surface area contributed by atoms with Gasteiger partial charge in [-0.25, -0.2) is 4.79 Å². The Balaban J connectivity index is 1.98. The van der Waals surface area contributed by atoms with Crippen LogP contribution in [0.25, 0.3) is 0 Å². The number of amides is 4. The molecule has 2 atom stereocenters. The van der Waals surface area contributed by atoms with Gasteiger partial charge in [-0.2, -0.15) is 0 Å². The molecule has 0 saturated heterocycles. The average Bonchev–Trinajstić information content (AvgIpc) is 3.09. The van der Waals surface area contributed by atoms with Gasteiger partial charge in [-0.3, -0.25) is 14.5 Å². The Morgan fingerprint density at radius 2 is 1.88 bits per heavy atom. The molecule has 0 aliphatic carbocycles. The van der Waals surface area contributed by atoms with E-state index < -0.39 is 12.1 Å². The van der Waals surface area contributed by atoms with Crippen LogP contribution in [0, 0.1) is 11.8 Å². The van der Waals surface area contributed by atoms with E-state index >= 15 is 0 Å². The Labute approximate surface area is 190 Å². The minimum atomic E-state index is -0.594. The van der Waals surface area contributed by atoms with Crippen LogP contribution >= 0.6 is 0 Å². The molecule has 2 aliphatic heterocycles. The molecule has 2 aliphatic rings. The maximum absolute atomic E-state index is 13.7. The van der Waals surface area contributed by atoms with Crippen molar-refractivity contribution in [2.45, 2.75) is 46.2 Å². The molecule has 0 fully saturated rings. The molecule has 32 heavy (non-hydrogen) atoms. The Hall–Kier alpha value is -3.09. The fourth-order valence-electron chi connectivity index (χ4n) is 4.23. The molecule has 172 valence electrons. The third-order valence-electron chi connectivity index (χ3n) is 5.75. The first kappa shape index (κ1) is 23.6. The summed E-state index contributed by atoms with van der Waals surface area (Å²) in [5.74, 6) is 0.190. The molecule has 2 unspecified atom stereocenters. The maximum atomic E-state index is 13.7. The first-order valence-electron chi connectivity index (χ1n) is 11.3. The quantitative estimate of drug-likeness (QED) is 0.581. The van der Waals surface area contributed by atoms with Gasteiger partial charge in [-0.15, -0.1) is 6.58 Å². The summed E-state index contributed by atoms with van der Waals surface area (Å²) in [6, 6.07) is 8.06. The highest BCUT2D eigenvalue weighted by molar-refractivity contribution is 6.03. The maximum Gasteiger partial charge on any atom is 0.322 e. The Bertz CT molecular complexity index is 907. The van der Waals surface area contributed by atoms with Gasteiger partial charge in [0.1, 0.15) is 6.04 Å². The standard InChI is InChI=1S/C25H34N4O3/c1-6-12-28-20-15-29(19(13-16(2)3)23(30)26-14-17(4)5)24(31)21(20)22(27-25(28)32)18-10-8-7-9-11-18/h6-11,16-17,19,22H,1,12-15H2,2-5H3,(H,26,30)(H,27,32). The molecule has 0 saturated carbocycles. The van der Waals surface area contributed by atoms with Crippen molar-refractivity contribution in [2.24, 2.45) is 11.8 Å². The van der Waals surface area contributed by atoms with Crippen LogP contribution < -0.4 is 10.6 Å². The molecule has 3 rings (SSSR count). The molecule has 1 aromatic carbocycles. The normalized spacial score (nSPS) is 19.4. The highest BCUT2D eigenvalue weighted by atomic mass is 16.2. The number of nitrogens with zero attached hydrogens (tertiary/aromatic N) is 2. The Kier molecular flexibility index (Phi) is 7.38. The number of rotatable bonds is 9.